The number of alkyl halides is 3. The maximum absolute atomic E-state index is 13.1. The van der Waals surface area contributed by atoms with Crippen molar-refractivity contribution in [2.45, 2.75) is 25.8 Å². The summed E-state index contributed by atoms with van der Waals surface area (Å²) >= 11 is 1.06. The van der Waals surface area contributed by atoms with Crippen LogP contribution in [0.15, 0.2) is 52.7 Å². The minimum atomic E-state index is -4.42. The number of benzene rings is 2. The summed E-state index contributed by atoms with van der Waals surface area (Å²) in [6.45, 7) is 7.16. The van der Waals surface area contributed by atoms with Gasteiger partial charge in [0.25, 0.3) is 0 Å². The Hall–Kier alpha value is -2.32. The Morgan fingerprint density at radius 3 is 2.50 bits per heavy atom. The van der Waals surface area contributed by atoms with Gasteiger partial charge in [-0.1, -0.05) is 47.7 Å². The summed E-state index contributed by atoms with van der Waals surface area (Å²) < 4.78 is 39.4. The molecule has 2 rings (SSSR count). The molecule has 0 aliphatic heterocycles. The first kappa shape index (κ1) is 20.0. The lowest BCUT2D eigenvalue weighted by molar-refractivity contribution is -0.138. The maximum atomic E-state index is 13.1. The van der Waals surface area contributed by atoms with Gasteiger partial charge in [-0.25, -0.2) is 5.84 Å². The minimum absolute atomic E-state index is 0.0443. The van der Waals surface area contributed by atoms with Crippen molar-refractivity contribution in [3.63, 3.8) is 0 Å². The standard InChI is InChI=1S/C18H19F3N4S/c1-12-8-9-16(13(2)10-12)25(22)17(24-23-3)26-11-14-6-4-5-7-15(14)18(19,20)21/h4-10H,3,11,22H2,1-2H3/b24-17+. The third-order valence-corrected chi connectivity index (χ3v) is 4.65. The molecule has 26 heavy (non-hydrogen) atoms. The summed E-state index contributed by atoms with van der Waals surface area (Å²) in [7, 11) is 0. The van der Waals surface area contributed by atoms with Gasteiger partial charge in [-0.2, -0.15) is 18.3 Å². The molecule has 0 heterocycles. The highest BCUT2D eigenvalue weighted by Gasteiger charge is 2.33. The zero-order valence-corrected chi connectivity index (χ0v) is 15.2. The molecule has 0 spiro atoms. The van der Waals surface area contributed by atoms with Crippen LogP contribution in [-0.2, 0) is 11.9 Å². The van der Waals surface area contributed by atoms with E-state index in [0.717, 1.165) is 29.0 Å². The summed E-state index contributed by atoms with van der Waals surface area (Å²) in [5.74, 6) is 6.18. The van der Waals surface area contributed by atoms with E-state index in [-0.39, 0.29) is 16.5 Å². The monoisotopic (exact) mass is 380 g/mol. The van der Waals surface area contributed by atoms with Crippen molar-refractivity contribution in [3.8, 4) is 0 Å². The van der Waals surface area contributed by atoms with Crippen LogP contribution in [0.2, 0.25) is 0 Å². The van der Waals surface area contributed by atoms with Crippen molar-refractivity contribution in [2.24, 2.45) is 16.0 Å². The van der Waals surface area contributed by atoms with E-state index in [1.54, 1.807) is 6.07 Å². The predicted octanol–water partition coefficient (Wildman–Crippen LogP) is 4.91. The number of halogens is 3. The normalized spacial score (nSPS) is 12.2. The number of amidine groups is 1. The molecule has 138 valence electrons. The lowest BCUT2D eigenvalue weighted by Crippen LogP contribution is -2.36. The van der Waals surface area contributed by atoms with Gasteiger partial charge in [-0.3, -0.25) is 5.01 Å². The van der Waals surface area contributed by atoms with Crippen molar-refractivity contribution >= 4 is 29.3 Å². The summed E-state index contributed by atoms with van der Waals surface area (Å²) in [4.78, 5) is 0. The molecule has 0 aliphatic rings. The molecule has 0 radical (unpaired) electrons. The van der Waals surface area contributed by atoms with E-state index in [2.05, 4.69) is 16.9 Å². The largest absolute Gasteiger partial charge is 0.416 e. The van der Waals surface area contributed by atoms with Crippen LogP contribution in [0.4, 0.5) is 18.9 Å². The van der Waals surface area contributed by atoms with Crippen molar-refractivity contribution < 1.29 is 13.2 Å². The molecular weight excluding hydrogens is 361 g/mol. The minimum Gasteiger partial charge on any atom is -0.255 e. The highest BCUT2D eigenvalue weighted by atomic mass is 32.2. The van der Waals surface area contributed by atoms with E-state index < -0.39 is 11.7 Å². The quantitative estimate of drug-likeness (QED) is 0.355. The topological polar surface area (TPSA) is 54.0 Å². The molecule has 0 aromatic heterocycles. The van der Waals surface area contributed by atoms with E-state index in [1.165, 1.54) is 17.1 Å². The first-order valence-corrected chi connectivity index (χ1v) is 8.66. The molecule has 0 bridgehead atoms. The molecular formula is C18H19F3N4S. The van der Waals surface area contributed by atoms with Crippen LogP contribution in [0.25, 0.3) is 0 Å². The summed E-state index contributed by atoms with van der Waals surface area (Å²) in [6.07, 6.45) is -4.42. The van der Waals surface area contributed by atoms with Crippen LogP contribution in [0.5, 0.6) is 0 Å². The number of hydrogen-bond acceptors (Lipinski definition) is 4. The lowest BCUT2D eigenvalue weighted by Gasteiger charge is -2.22. The molecule has 0 aliphatic carbocycles. The maximum Gasteiger partial charge on any atom is 0.416 e. The number of hydrazine groups is 1. The Morgan fingerprint density at radius 1 is 1.19 bits per heavy atom. The predicted molar refractivity (Wildman–Crippen MR) is 102 cm³/mol. The molecule has 2 N–H and O–H groups in total. The molecule has 0 unspecified atom stereocenters. The number of hydrogen-bond donors (Lipinski definition) is 1. The Morgan fingerprint density at radius 2 is 1.88 bits per heavy atom. The van der Waals surface area contributed by atoms with Gasteiger partial charge in [0.05, 0.1) is 11.3 Å². The van der Waals surface area contributed by atoms with Crippen LogP contribution < -0.4 is 10.9 Å². The fraction of sp³-hybridized carbons (Fsp3) is 0.222. The second-order valence-corrected chi connectivity index (χ2v) is 6.57. The SMILES string of the molecule is C=N/N=C(/SCc1ccccc1C(F)(F)F)N(N)c1ccc(C)cc1C. The number of nitrogens with zero attached hydrogens (tertiary/aromatic N) is 3. The van der Waals surface area contributed by atoms with Crippen molar-refractivity contribution in [3.05, 3.63) is 64.7 Å². The highest BCUT2D eigenvalue weighted by Crippen LogP contribution is 2.34. The smallest absolute Gasteiger partial charge is 0.255 e. The van der Waals surface area contributed by atoms with Gasteiger partial charge in [0.15, 0.2) is 0 Å². The molecule has 0 saturated carbocycles. The summed E-state index contributed by atoms with van der Waals surface area (Å²) in [5.41, 5.74) is 2.16. The number of rotatable bonds is 4. The Balaban J connectivity index is 2.25. The third kappa shape index (κ3) is 4.86. The van der Waals surface area contributed by atoms with Gasteiger partial charge in [0.1, 0.15) is 0 Å². The fourth-order valence-corrected chi connectivity index (χ4v) is 3.34. The molecule has 8 heteroatoms. The van der Waals surface area contributed by atoms with Gasteiger partial charge in [-0.15, -0.1) is 5.10 Å². The number of anilines is 1. The van der Waals surface area contributed by atoms with Crippen LogP contribution in [-0.4, -0.2) is 11.9 Å². The molecule has 0 fully saturated rings. The molecule has 2 aromatic carbocycles. The van der Waals surface area contributed by atoms with Crippen molar-refractivity contribution in [1.29, 1.82) is 0 Å². The molecule has 0 atom stereocenters. The molecule has 4 nitrogen and oxygen atoms in total. The number of aryl methyl sites for hydroxylation is 2. The number of nitrogens with two attached hydrogens (primary N) is 1. The van der Waals surface area contributed by atoms with E-state index in [9.17, 15) is 13.2 Å². The van der Waals surface area contributed by atoms with Crippen LogP contribution in [0, 0.1) is 13.8 Å². The van der Waals surface area contributed by atoms with Gasteiger partial charge in [0, 0.05) is 12.5 Å². The lowest BCUT2D eigenvalue weighted by atomic mass is 10.1. The first-order valence-electron chi connectivity index (χ1n) is 7.67. The summed E-state index contributed by atoms with van der Waals surface area (Å²) in [5, 5.41) is 8.93. The Bertz CT molecular complexity index is 818. The van der Waals surface area contributed by atoms with Crippen molar-refractivity contribution in [2.75, 3.05) is 5.01 Å². The van der Waals surface area contributed by atoms with Crippen LogP contribution in [0.1, 0.15) is 22.3 Å². The van der Waals surface area contributed by atoms with E-state index in [0.29, 0.717) is 5.69 Å². The Labute approximate surface area is 154 Å². The fourth-order valence-electron chi connectivity index (χ4n) is 2.45. The average molecular weight is 380 g/mol. The zero-order valence-electron chi connectivity index (χ0n) is 14.4. The van der Waals surface area contributed by atoms with Gasteiger partial charge >= 0.3 is 6.18 Å². The molecule has 0 amide bonds. The average Bonchev–Trinajstić information content (AvgIpc) is 2.57. The molecule has 0 saturated heterocycles. The third-order valence-electron chi connectivity index (χ3n) is 3.65. The zero-order chi connectivity index (χ0) is 19.3. The first-order chi connectivity index (χ1) is 12.2. The van der Waals surface area contributed by atoms with Gasteiger partial charge in [0.2, 0.25) is 5.17 Å². The van der Waals surface area contributed by atoms with Gasteiger partial charge < -0.3 is 0 Å². The van der Waals surface area contributed by atoms with E-state index in [4.69, 9.17) is 5.84 Å². The van der Waals surface area contributed by atoms with E-state index in [1.807, 2.05) is 32.0 Å². The van der Waals surface area contributed by atoms with Crippen LogP contribution >= 0.6 is 11.8 Å². The highest BCUT2D eigenvalue weighted by molar-refractivity contribution is 8.13. The van der Waals surface area contributed by atoms with E-state index >= 15 is 0 Å². The Kier molecular flexibility index (Phi) is 6.44. The summed E-state index contributed by atoms with van der Waals surface area (Å²) in [6, 6.07) is 11.1. The van der Waals surface area contributed by atoms with Crippen molar-refractivity contribution in [1.82, 2.24) is 0 Å². The van der Waals surface area contributed by atoms with Crippen LogP contribution in [0.3, 0.4) is 0 Å². The second-order valence-electron chi connectivity index (χ2n) is 5.63. The second kappa shape index (κ2) is 8.37. The molecule has 2 aromatic rings. The van der Waals surface area contributed by atoms with Gasteiger partial charge in [-0.05, 0) is 37.1 Å². The number of thioether (sulfide) groups is 1.